The van der Waals surface area contributed by atoms with Crippen molar-refractivity contribution in [3.8, 4) is 11.5 Å². The number of ether oxygens (including phenoxy) is 2. The monoisotopic (exact) mass is 334 g/mol. The zero-order valence-electron chi connectivity index (χ0n) is 12.4. The van der Waals surface area contributed by atoms with Crippen LogP contribution in [0.3, 0.4) is 0 Å². The number of nitrogens with zero attached hydrogens (tertiary/aromatic N) is 1. The normalized spacial score (nSPS) is 11.4. The molecule has 0 aliphatic heterocycles. The average Bonchev–Trinajstić information content (AvgIpc) is 3.02. The lowest BCUT2D eigenvalue weighted by molar-refractivity contribution is 0.395. The van der Waals surface area contributed by atoms with Gasteiger partial charge in [0.1, 0.15) is 17.0 Å². The molecule has 0 fully saturated rings. The number of nitrogens with one attached hydrogen (secondary N) is 1. The minimum atomic E-state index is -3.79. The van der Waals surface area contributed by atoms with Crippen LogP contribution in [0.25, 0.3) is 11.1 Å². The van der Waals surface area contributed by atoms with Gasteiger partial charge in [-0.1, -0.05) is 0 Å². The van der Waals surface area contributed by atoms with Gasteiger partial charge in [-0.15, -0.1) is 0 Å². The van der Waals surface area contributed by atoms with Crippen molar-refractivity contribution in [2.45, 2.75) is 4.90 Å². The highest BCUT2D eigenvalue weighted by Crippen LogP contribution is 2.31. The van der Waals surface area contributed by atoms with Crippen LogP contribution in [-0.4, -0.2) is 27.6 Å². The number of aromatic nitrogens is 1. The van der Waals surface area contributed by atoms with Crippen LogP contribution >= 0.6 is 0 Å². The molecule has 0 aliphatic rings. The number of rotatable bonds is 5. The molecule has 0 bridgehead atoms. The molecule has 8 heteroatoms. The van der Waals surface area contributed by atoms with Gasteiger partial charge in [-0.05, 0) is 24.3 Å². The molecular formula is C15H14N2O5S. The second-order valence-corrected chi connectivity index (χ2v) is 6.34. The number of methoxy groups -OCH3 is 2. The summed E-state index contributed by atoms with van der Waals surface area (Å²) in [6, 6.07) is 9.27. The average molecular weight is 334 g/mol. The lowest BCUT2D eigenvalue weighted by Crippen LogP contribution is -2.13. The first kappa shape index (κ1) is 15.2. The fraction of sp³-hybridized carbons (Fsp3) is 0.133. The topological polar surface area (TPSA) is 90.7 Å². The Labute approximate surface area is 132 Å². The Kier molecular flexibility index (Phi) is 3.83. The first-order valence-corrected chi connectivity index (χ1v) is 8.10. The smallest absolute Gasteiger partial charge is 0.262 e. The molecule has 0 aliphatic carbocycles. The Morgan fingerprint density at radius 1 is 1.09 bits per heavy atom. The molecule has 0 unspecified atom stereocenters. The molecule has 1 aromatic heterocycles. The first-order valence-electron chi connectivity index (χ1n) is 6.61. The van der Waals surface area contributed by atoms with Gasteiger partial charge in [-0.25, -0.2) is 13.4 Å². The van der Waals surface area contributed by atoms with Crippen LogP contribution < -0.4 is 14.2 Å². The van der Waals surface area contributed by atoms with Crippen molar-refractivity contribution in [2.75, 3.05) is 18.9 Å². The number of fused-ring (bicyclic) bond motifs is 1. The molecule has 0 radical (unpaired) electrons. The molecule has 3 aromatic rings. The lowest BCUT2D eigenvalue weighted by Gasteiger charge is -2.13. The third-order valence-corrected chi connectivity index (χ3v) is 4.63. The maximum absolute atomic E-state index is 12.5. The summed E-state index contributed by atoms with van der Waals surface area (Å²) in [4.78, 5) is 4.03. The van der Waals surface area contributed by atoms with Crippen molar-refractivity contribution in [1.29, 1.82) is 0 Å². The van der Waals surface area contributed by atoms with E-state index in [1.807, 2.05) is 0 Å². The minimum Gasteiger partial charge on any atom is -0.497 e. The Balaban J connectivity index is 1.97. The molecule has 120 valence electrons. The molecule has 0 atom stereocenters. The molecule has 1 heterocycles. The van der Waals surface area contributed by atoms with Crippen molar-refractivity contribution in [3.63, 3.8) is 0 Å². The number of anilines is 1. The predicted molar refractivity (Wildman–Crippen MR) is 84.4 cm³/mol. The Bertz CT molecular complexity index is 949. The van der Waals surface area contributed by atoms with E-state index in [4.69, 9.17) is 13.9 Å². The Hall–Kier alpha value is -2.74. The van der Waals surface area contributed by atoms with Gasteiger partial charge in [0, 0.05) is 12.1 Å². The third-order valence-electron chi connectivity index (χ3n) is 3.27. The largest absolute Gasteiger partial charge is 0.497 e. The summed E-state index contributed by atoms with van der Waals surface area (Å²) in [5.41, 5.74) is 1.30. The van der Waals surface area contributed by atoms with E-state index in [2.05, 4.69) is 9.71 Å². The van der Waals surface area contributed by atoms with E-state index >= 15 is 0 Å². The molecular weight excluding hydrogens is 320 g/mol. The minimum absolute atomic E-state index is 0.0691. The SMILES string of the molecule is COc1ccc(NS(=O)(=O)c2ccc3ncoc3c2)c(OC)c1. The highest BCUT2D eigenvalue weighted by molar-refractivity contribution is 7.92. The van der Waals surface area contributed by atoms with Crippen LogP contribution in [0, 0.1) is 0 Å². The van der Waals surface area contributed by atoms with E-state index in [0.29, 0.717) is 28.3 Å². The maximum atomic E-state index is 12.5. The first-order chi connectivity index (χ1) is 11.0. The van der Waals surface area contributed by atoms with Crippen LogP contribution in [-0.2, 0) is 10.0 Å². The van der Waals surface area contributed by atoms with Crippen LogP contribution in [0.5, 0.6) is 11.5 Å². The summed E-state index contributed by atoms with van der Waals surface area (Å²) < 4.78 is 43.0. The van der Waals surface area contributed by atoms with E-state index in [0.717, 1.165) is 0 Å². The molecule has 0 amide bonds. The van der Waals surface area contributed by atoms with Gasteiger partial charge in [0.15, 0.2) is 12.0 Å². The molecule has 3 rings (SSSR count). The zero-order valence-corrected chi connectivity index (χ0v) is 13.3. The number of oxazole rings is 1. The summed E-state index contributed by atoms with van der Waals surface area (Å²) >= 11 is 0. The Morgan fingerprint density at radius 3 is 2.65 bits per heavy atom. The summed E-state index contributed by atoms with van der Waals surface area (Å²) in [7, 11) is -0.823. The summed E-state index contributed by atoms with van der Waals surface area (Å²) in [6.45, 7) is 0. The standard InChI is InChI=1S/C15H14N2O5S/c1-20-10-3-5-13(14(7-10)21-2)17-23(18,19)11-4-6-12-15(8-11)22-9-16-12/h3-9,17H,1-2H3. The van der Waals surface area contributed by atoms with E-state index in [1.165, 1.54) is 32.7 Å². The fourth-order valence-corrected chi connectivity index (χ4v) is 3.17. The Morgan fingerprint density at radius 2 is 1.91 bits per heavy atom. The predicted octanol–water partition coefficient (Wildman–Crippen LogP) is 2.65. The van der Waals surface area contributed by atoms with E-state index < -0.39 is 10.0 Å². The highest BCUT2D eigenvalue weighted by atomic mass is 32.2. The van der Waals surface area contributed by atoms with Crippen LogP contribution in [0.1, 0.15) is 0 Å². The summed E-state index contributed by atoms with van der Waals surface area (Å²) in [5.74, 6) is 0.918. The van der Waals surface area contributed by atoms with Crippen LogP contribution in [0.15, 0.2) is 52.1 Å². The molecule has 2 aromatic carbocycles. The molecule has 0 saturated carbocycles. The van der Waals surface area contributed by atoms with Gasteiger partial charge in [-0.2, -0.15) is 0 Å². The van der Waals surface area contributed by atoms with E-state index in [-0.39, 0.29) is 4.90 Å². The third kappa shape index (κ3) is 2.93. The molecule has 0 saturated heterocycles. The number of sulfonamides is 1. The van der Waals surface area contributed by atoms with Gasteiger partial charge in [0.2, 0.25) is 0 Å². The molecule has 7 nitrogen and oxygen atoms in total. The van der Waals surface area contributed by atoms with Crippen molar-refractivity contribution in [3.05, 3.63) is 42.8 Å². The van der Waals surface area contributed by atoms with Crippen molar-refractivity contribution >= 4 is 26.8 Å². The van der Waals surface area contributed by atoms with Crippen molar-refractivity contribution < 1.29 is 22.3 Å². The van der Waals surface area contributed by atoms with Gasteiger partial charge < -0.3 is 13.9 Å². The quantitative estimate of drug-likeness (QED) is 0.771. The van der Waals surface area contributed by atoms with Gasteiger partial charge in [-0.3, -0.25) is 4.72 Å². The zero-order chi connectivity index (χ0) is 16.4. The summed E-state index contributed by atoms with van der Waals surface area (Å²) in [6.07, 6.45) is 1.26. The second kappa shape index (κ2) is 5.81. The van der Waals surface area contributed by atoms with Crippen molar-refractivity contribution in [1.82, 2.24) is 4.98 Å². The van der Waals surface area contributed by atoms with Gasteiger partial charge in [0.05, 0.1) is 24.8 Å². The van der Waals surface area contributed by atoms with Crippen LogP contribution in [0.2, 0.25) is 0 Å². The molecule has 23 heavy (non-hydrogen) atoms. The molecule has 0 spiro atoms. The second-order valence-electron chi connectivity index (χ2n) is 4.65. The van der Waals surface area contributed by atoms with E-state index in [1.54, 1.807) is 24.3 Å². The lowest BCUT2D eigenvalue weighted by atomic mass is 10.3. The number of hydrogen-bond donors (Lipinski definition) is 1. The fourth-order valence-electron chi connectivity index (χ4n) is 2.09. The summed E-state index contributed by atoms with van der Waals surface area (Å²) in [5, 5.41) is 0. The van der Waals surface area contributed by atoms with Crippen molar-refractivity contribution in [2.24, 2.45) is 0 Å². The maximum Gasteiger partial charge on any atom is 0.262 e. The van der Waals surface area contributed by atoms with Crippen LogP contribution in [0.4, 0.5) is 5.69 Å². The number of benzene rings is 2. The highest BCUT2D eigenvalue weighted by Gasteiger charge is 2.18. The van der Waals surface area contributed by atoms with Gasteiger partial charge in [0.25, 0.3) is 10.0 Å². The van der Waals surface area contributed by atoms with E-state index in [9.17, 15) is 8.42 Å². The molecule has 1 N–H and O–H groups in total. The van der Waals surface area contributed by atoms with Gasteiger partial charge >= 0.3 is 0 Å². The number of hydrogen-bond acceptors (Lipinski definition) is 6.